The molecule has 7 aromatic carbocycles. The average Bonchev–Trinajstić information content (AvgIpc) is 2.96. The van der Waals surface area contributed by atoms with Gasteiger partial charge in [-0.1, -0.05) is 115 Å². The first-order chi connectivity index (χ1) is 18.8. The van der Waals surface area contributed by atoms with Crippen LogP contribution in [0.1, 0.15) is 0 Å². The summed E-state index contributed by atoms with van der Waals surface area (Å²) in [7, 11) is 0. The highest BCUT2D eigenvalue weighted by Gasteiger charge is 2.21. The van der Waals surface area contributed by atoms with Gasteiger partial charge in [0.25, 0.3) is 0 Å². The molecule has 0 fully saturated rings. The summed E-state index contributed by atoms with van der Waals surface area (Å²) in [6.45, 7) is 0. The molecule has 0 amide bonds. The highest BCUT2D eigenvalue weighted by molar-refractivity contribution is 7.99. The van der Waals surface area contributed by atoms with Crippen molar-refractivity contribution in [1.82, 2.24) is 0 Å². The van der Waals surface area contributed by atoms with Crippen LogP contribution in [0.3, 0.4) is 0 Å². The van der Waals surface area contributed by atoms with Crippen LogP contribution in [0.4, 0.5) is 4.39 Å². The van der Waals surface area contributed by atoms with Crippen molar-refractivity contribution in [3.05, 3.63) is 133 Å². The van der Waals surface area contributed by atoms with Crippen LogP contribution in [0.15, 0.2) is 137 Å². The first-order valence-electron chi connectivity index (χ1n) is 12.8. The van der Waals surface area contributed by atoms with E-state index in [1.54, 1.807) is 12.1 Å². The molecule has 0 nitrogen and oxygen atoms in total. The van der Waals surface area contributed by atoms with Crippen molar-refractivity contribution < 1.29 is 4.39 Å². The second-order valence-electron chi connectivity index (χ2n) is 9.82. The molecule has 0 saturated heterocycles. The Morgan fingerprint density at radius 2 is 1.03 bits per heavy atom. The summed E-state index contributed by atoms with van der Waals surface area (Å²) >= 11 is 1.86. The summed E-state index contributed by atoms with van der Waals surface area (Å²) in [5.41, 5.74) is 7.21. The van der Waals surface area contributed by atoms with E-state index in [0.717, 1.165) is 11.1 Å². The largest absolute Gasteiger partial charge is 0.207 e. The molecule has 1 aliphatic heterocycles. The van der Waals surface area contributed by atoms with Crippen molar-refractivity contribution in [2.75, 3.05) is 0 Å². The lowest BCUT2D eigenvalue weighted by molar-refractivity contribution is 0.628. The summed E-state index contributed by atoms with van der Waals surface area (Å²) in [4.78, 5) is 2.59. The molecule has 0 bridgehead atoms. The molecule has 0 aliphatic carbocycles. The number of benzene rings is 7. The summed E-state index contributed by atoms with van der Waals surface area (Å²) < 4.78 is 13.8. The third-order valence-corrected chi connectivity index (χ3v) is 8.83. The van der Waals surface area contributed by atoms with E-state index in [1.807, 2.05) is 23.9 Å². The van der Waals surface area contributed by atoms with Gasteiger partial charge in [0.05, 0.1) is 0 Å². The van der Waals surface area contributed by atoms with Gasteiger partial charge < -0.3 is 0 Å². The van der Waals surface area contributed by atoms with Crippen LogP contribution in [-0.2, 0) is 0 Å². The predicted molar refractivity (Wildman–Crippen MR) is 159 cm³/mol. The molecular formula is C36H21FS. The van der Waals surface area contributed by atoms with E-state index < -0.39 is 0 Å². The lowest BCUT2D eigenvalue weighted by Gasteiger charge is -2.22. The summed E-state index contributed by atoms with van der Waals surface area (Å²) in [6, 6.07) is 44.2. The van der Waals surface area contributed by atoms with Crippen LogP contribution >= 0.6 is 11.8 Å². The van der Waals surface area contributed by atoms with E-state index >= 15 is 0 Å². The van der Waals surface area contributed by atoms with Crippen molar-refractivity contribution in [1.29, 1.82) is 0 Å². The first kappa shape index (κ1) is 21.7. The molecule has 1 aliphatic rings. The van der Waals surface area contributed by atoms with Crippen LogP contribution in [0.25, 0.3) is 65.7 Å². The SMILES string of the molecule is Fc1ccc(-c2c3ccccc3c(-c3ccc4c(c3)Sc3cccc5cccc-4c35)c3ccccc23)cc1. The van der Waals surface area contributed by atoms with Crippen molar-refractivity contribution in [3.8, 4) is 33.4 Å². The lowest BCUT2D eigenvalue weighted by atomic mass is 9.85. The maximum absolute atomic E-state index is 13.8. The second kappa shape index (κ2) is 8.31. The second-order valence-corrected chi connectivity index (χ2v) is 10.9. The maximum atomic E-state index is 13.8. The fourth-order valence-corrected chi connectivity index (χ4v) is 7.27. The minimum Gasteiger partial charge on any atom is -0.207 e. The monoisotopic (exact) mass is 504 g/mol. The third kappa shape index (κ3) is 3.17. The van der Waals surface area contributed by atoms with E-state index in [9.17, 15) is 4.39 Å². The van der Waals surface area contributed by atoms with Crippen LogP contribution in [0, 0.1) is 5.82 Å². The van der Waals surface area contributed by atoms with Crippen LogP contribution in [0.2, 0.25) is 0 Å². The Bertz CT molecular complexity index is 1990. The van der Waals surface area contributed by atoms with Crippen LogP contribution < -0.4 is 0 Å². The zero-order valence-corrected chi connectivity index (χ0v) is 21.2. The Morgan fingerprint density at radius 3 is 1.68 bits per heavy atom. The van der Waals surface area contributed by atoms with Crippen molar-refractivity contribution in [2.45, 2.75) is 9.79 Å². The maximum Gasteiger partial charge on any atom is 0.123 e. The first-order valence-corrected chi connectivity index (χ1v) is 13.6. The summed E-state index contributed by atoms with van der Waals surface area (Å²) in [5, 5.41) is 7.39. The van der Waals surface area contributed by atoms with E-state index in [1.165, 1.54) is 64.4 Å². The van der Waals surface area contributed by atoms with Crippen molar-refractivity contribution >= 4 is 44.1 Å². The molecule has 2 heteroatoms. The third-order valence-electron chi connectivity index (χ3n) is 7.71. The predicted octanol–water partition coefficient (Wildman–Crippen LogP) is 10.8. The van der Waals surface area contributed by atoms with Gasteiger partial charge in [0.15, 0.2) is 0 Å². The van der Waals surface area contributed by atoms with Gasteiger partial charge in [-0.05, 0) is 84.6 Å². The fourth-order valence-electron chi connectivity index (χ4n) is 6.09. The van der Waals surface area contributed by atoms with E-state index in [-0.39, 0.29) is 5.82 Å². The molecule has 1 heterocycles. The van der Waals surface area contributed by atoms with Gasteiger partial charge in [-0.25, -0.2) is 4.39 Å². The van der Waals surface area contributed by atoms with Crippen LogP contribution in [-0.4, -0.2) is 0 Å². The number of hydrogen-bond donors (Lipinski definition) is 0. The normalized spacial score (nSPS) is 12.2. The molecule has 0 atom stereocenters. The smallest absolute Gasteiger partial charge is 0.123 e. The molecule has 0 spiro atoms. The number of fused-ring (bicyclic) bond motifs is 4. The zero-order valence-electron chi connectivity index (χ0n) is 20.4. The summed E-state index contributed by atoms with van der Waals surface area (Å²) in [5.74, 6) is -0.220. The molecular weight excluding hydrogens is 483 g/mol. The lowest BCUT2D eigenvalue weighted by Crippen LogP contribution is -1.95. The van der Waals surface area contributed by atoms with Crippen LogP contribution in [0.5, 0.6) is 0 Å². The minimum absolute atomic E-state index is 0.220. The zero-order chi connectivity index (χ0) is 25.2. The molecule has 7 aromatic rings. The molecule has 0 aromatic heterocycles. The standard InChI is InChI=1S/C36H21FS/c37-25-18-15-23(16-19-25)34-28-9-1-3-11-30(28)35(31-12-4-2-10-29(31)34)24-17-20-26-27-13-5-7-22-8-6-14-32(36(22)27)38-33(26)21-24/h1-21H. The number of halogens is 1. The van der Waals surface area contributed by atoms with Gasteiger partial charge in [-0.15, -0.1) is 0 Å². The van der Waals surface area contributed by atoms with Crippen molar-refractivity contribution in [2.24, 2.45) is 0 Å². The van der Waals surface area contributed by atoms with Gasteiger partial charge in [-0.3, -0.25) is 0 Å². The Hall–Kier alpha value is -4.40. The molecule has 0 unspecified atom stereocenters. The van der Waals surface area contributed by atoms with E-state index in [2.05, 4.69) is 103 Å². The van der Waals surface area contributed by atoms with Gasteiger partial charge in [-0.2, -0.15) is 0 Å². The van der Waals surface area contributed by atoms with Gasteiger partial charge >= 0.3 is 0 Å². The Balaban J connectivity index is 1.42. The molecule has 178 valence electrons. The van der Waals surface area contributed by atoms with Gasteiger partial charge in [0.2, 0.25) is 0 Å². The Kier molecular flexibility index (Phi) is 4.74. The molecule has 38 heavy (non-hydrogen) atoms. The topological polar surface area (TPSA) is 0 Å². The fraction of sp³-hybridized carbons (Fsp3) is 0. The minimum atomic E-state index is -0.220. The van der Waals surface area contributed by atoms with Gasteiger partial charge in [0.1, 0.15) is 5.82 Å². The quantitative estimate of drug-likeness (QED) is 0.211. The van der Waals surface area contributed by atoms with E-state index in [4.69, 9.17) is 0 Å². The molecule has 0 radical (unpaired) electrons. The molecule has 8 rings (SSSR count). The highest BCUT2D eigenvalue weighted by atomic mass is 32.2. The van der Waals surface area contributed by atoms with Crippen molar-refractivity contribution in [3.63, 3.8) is 0 Å². The number of hydrogen-bond acceptors (Lipinski definition) is 1. The Labute approximate surface area is 224 Å². The van der Waals surface area contributed by atoms with E-state index in [0.29, 0.717) is 0 Å². The molecule has 0 N–H and O–H groups in total. The molecule has 0 saturated carbocycles. The number of rotatable bonds is 2. The van der Waals surface area contributed by atoms with Gasteiger partial charge in [0, 0.05) is 15.2 Å². The highest BCUT2D eigenvalue weighted by Crippen LogP contribution is 2.50. The average molecular weight is 505 g/mol. The summed E-state index contributed by atoms with van der Waals surface area (Å²) in [6.07, 6.45) is 0. The Morgan fingerprint density at radius 1 is 0.447 bits per heavy atom.